The van der Waals surface area contributed by atoms with Crippen LogP contribution in [0.2, 0.25) is 0 Å². The summed E-state index contributed by atoms with van der Waals surface area (Å²) >= 11 is 0. The van der Waals surface area contributed by atoms with Gasteiger partial charge in [0.15, 0.2) is 0 Å². The summed E-state index contributed by atoms with van der Waals surface area (Å²) in [7, 11) is 0. The van der Waals surface area contributed by atoms with Crippen LogP contribution >= 0.6 is 0 Å². The largest absolute Gasteiger partial charge is 0.477 e. The van der Waals surface area contributed by atoms with Crippen LogP contribution in [0, 0.1) is 5.92 Å². The number of aromatic nitrogens is 2. The fraction of sp³-hybridized carbons (Fsp3) is 0.733. The molecule has 0 amide bonds. The van der Waals surface area contributed by atoms with E-state index in [-0.39, 0.29) is 0 Å². The lowest BCUT2D eigenvalue weighted by Gasteiger charge is -2.17. The zero-order chi connectivity index (χ0) is 13.5. The van der Waals surface area contributed by atoms with E-state index in [2.05, 4.69) is 29.1 Å². The van der Waals surface area contributed by atoms with Gasteiger partial charge < -0.3 is 10.1 Å². The SMILES string of the molecule is CCCNC(Cc1cncc(OCCC)n1)C1CC1. The molecule has 1 N–H and O–H groups in total. The number of rotatable bonds is 9. The van der Waals surface area contributed by atoms with Gasteiger partial charge in [0.1, 0.15) is 0 Å². The first kappa shape index (κ1) is 14.3. The molecule has 1 heterocycles. The van der Waals surface area contributed by atoms with Gasteiger partial charge in [-0.15, -0.1) is 0 Å². The first-order chi connectivity index (χ1) is 9.33. The van der Waals surface area contributed by atoms with Crippen molar-refractivity contribution in [2.45, 2.75) is 52.0 Å². The Morgan fingerprint density at radius 1 is 1.32 bits per heavy atom. The van der Waals surface area contributed by atoms with Gasteiger partial charge in [-0.2, -0.15) is 0 Å². The Labute approximate surface area is 116 Å². The maximum atomic E-state index is 5.54. The maximum Gasteiger partial charge on any atom is 0.232 e. The summed E-state index contributed by atoms with van der Waals surface area (Å²) in [5, 5.41) is 3.63. The Morgan fingerprint density at radius 3 is 2.84 bits per heavy atom. The van der Waals surface area contributed by atoms with E-state index in [1.165, 1.54) is 19.3 Å². The quantitative estimate of drug-likeness (QED) is 0.744. The van der Waals surface area contributed by atoms with E-state index in [0.29, 0.717) is 18.5 Å². The highest BCUT2D eigenvalue weighted by molar-refractivity contribution is 5.10. The third-order valence-electron chi connectivity index (χ3n) is 3.39. The molecule has 0 aromatic carbocycles. The van der Waals surface area contributed by atoms with Crippen molar-refractivity contribution >= 4 is 0 Å². The van der Waals surface area contributed by atoms with Crippen molar-refractivity contribution in [1.29, 1.82) is 0 Å². The molecule has 0 bridgehead atoms. The van der Waals surface area contributed by atoms with E-state index in [1.54, 1.807) is 6.20 Å². The molecule has 1 fully saturated rings. The van der Waals surface area contributed by atoms with E-state index < -0.39 is 0 Å². The average molecular weight is 263 g/mol. The molecule has 1 atom stereocenters. The molecule has 1 unspecified atom stereocenters. The van der Waals surface area contributed by atoms with E-state index in [9.17, 15) is 0 Å². The molecule has 4 heteroatoms. The average Bonchev–Trinajstić information content (AvgIpc) is 3.26. The Balaban J connectivity index is 1.92. The van der Waals surface area contributed by atoms with Crippen molar-refractivity contribution in [2.24, 2.45) is 5.92 Å². The second-order valence-corrected chi connectivity index (χ2v) is 5.30. The monoisotopic (exact) mass is 263 g/mol. The number of nitrogens with zero attached hydrogens (tertiary/aromatic N) is 2. The van der Waals surface area contributed by atoms with Gasteiger partial charge in [0.25, 0.3) is 0 Å². The molecule has 0 saturated heterocycles. The highest BCUT2D eigenvalue weighted by Crippen LogP contribution is 2.34. The smallest absolute Gasteiger partial charge is 0.232 e. The van der Waals surface area contributed by atoms with Crippen molar-refractivity contribution in [2.75, 3.05) is 13.2 Å². The van der Waals surface area contributed by atoms with Crippen molar-refractivity contribution in [3.63, 3.8) is 0 Å². The van der Waals surface area contributed by atoms with E-state index in [1.807, 2.05) is 6.20 Å². The van der Waals surface area contributed by atoms with Gasteiger partial charge in [-0.3, -0.25) is 4.98 Å². The van der Waals surface area contributed by atoms with E-state index >= 15 is 0 Å². The molecule has 19 heavy (non-hydrogen) atoms. The fourth-order valence-electron chi connectivity index (χ4n) is 2.22. The third kappa shape index (κ3) is 4.78. The summed E-state index contributed by atoms with van der Waals surface area (Å²) in [5.74, 6) is 1.48. The second-order valence-electron chi connectivity index (χ2n) is 5.30. The van der Waals surface area contributed by atoms with Crippen molar-refractivity contribution in [3.8, 4) is 5.88 Å². The lowest BCUT2D eigenvalue weighted by atomic mass is 10.1. The van der Waals surface area contributed by atoms with Gasteiger partial charge in [0.05, 0.1) is 18.5 Å². The third-order valence-corrected chi connectivity index (χ3v) is 3.39. The van der Waals surface area contributed by atoms with Crippen LogP contribution in [0.1, 0.15) is 45.2 Å². The van der Waals surface area contributed by atoms with Gasteiger partial charge >= 0.3 is 0 Å². The molecule has 1 aliphatic rings. The summed E-state index contributed by atoms with van der Waals surface area (Å²) in [6.07, 6.45) is 9.39. The number of hydrogen-bond acceptors (Lipinski definition) is 4. The molecule has 106 valence electrons. The fourth-order valence-corrected chi connectivity index (χ4v) is 2.22. The van der Waals surface area contributed by atoms with Gasteiger partial charge in [-0.1, -0.05) is 13.8 Å². The Hall–Kier alpha value is -1.16. The Kier molecular flexibility index (Phi) is 5.58. The highest BCUT2D eigenvalue weighted by atomic mass is 16.5. The minimum atomic E-state index is 0.552. The van der Waals surface area contributed by atoms with Crippen LogP contribution in [0.15, 0.2) is 12.4 Å². The lowest BCUT2D eigenvalue weighted by Crippen LogP contribution is -2.34. The zero-order valence-corrected chi connectivity index (χ0v) is 12.1. The minimum Gasteiger partial charge on any atom is -0.477 e. The predicted octanol–water partition coefficient (Wildman–Crippen LogP) is 2.59. The molecule has 1 aromatic heterocycles. The van der Waals surface area contributed by atoms with E-state index in [4.69, 9.17) is 4.74 Å². The van der Waals surface area contributed by atoms with E-state index in [0.717, 1.165) is 31.0 Å². The molecule has 1 aliphatic carbocycles. The van der Waals surface area contributed by atoms with Gasteiger partial charge in [0.2, 0.25) is 5.88 Å². The first-order valence-corrected chi connectivity index (χ1v) is 7.50. The maximum absolute atomic E-state index is 5.54. The summed E-state index contributed by atoms with van der Waals surface area (Å²) in [5.41, 5.74) is 1.04. The summed E-state index contributed by atoms with van der Waals surface area (Å²) in [6.45, 7) is 6.09. The van der Waals surface area contributed by atoms with Crippen LogP contribution < -0.4 is 10.1 Å². The van der Waals surface area contributed by atoms with Crippen LogP contribution in [-0.4, -0.2) is 29.2 Å². The van der Waals surface area contributed by atoms with Gasteiger partial charge in [-0.05, 0) is 38.1 Å². The van der Waals surface area contributed by atoms with Crippen LogP contribution in [-0.2, 0) is 6.42 Å². The van der Waals surface area contributed by atoms with Crippen molar-refractivity contribution in [1.82, 2.24) is 15.3 Å². The van der Waals surface area contributed by atoms with Crippen molar-refractivity contribution < 1.29 is 4.74 Å². The Morgan fingerprint density at radius 2 is 2.16 bits per heavy atom. The number of ether oxygens (including phenoxy) is 1. The van der Waals surface area contributed by atoms with Crippen LogP contribution in [0.5, 0.6) is 5.88 Å². The zero-order valence-electron chi connectivity index (χ0n) is 12.1. The normalized spacial score (nSPS) is 16.3. The predicted molar refractivity (Wildman–Crippen MR) is 76.3 cm³/mol. The topological polar surface area (TPSA) is 47.0 Å². The lowest BCUT2D eigenvalue weighted by molar-refractivity contribution is 0.302. The molecule has 0 aliphatic heterocycles. The summed E-state index contributed by atoms with van der Waals surface area (Å²) in [4.78, 5) is 8.78. The van der Waals surface area contributed by atoms with Crippen molar-refractivity contribution in [3.05, 3.63) is 18.1 Å². The summed E-state index contributed by atoms with van der Waals surface area (Å²) < 4.78 is 5.54. The number of hydrogen-bond donors (Lipinski definition) is 1. The molecule has 2 rings (SSSR count). The molecule has 1 saturated carbocycles. The molecular formula is C15H25N3O. The highest BCUT2D eigenvalue weighted by Gasteiger charge is 2.31. The Bertz CT molecular complexity index is 379. The van der Waals surface area contributed by atoms with Gasteiger partial charge in [0, 0.05) is 18.7 Å². The van der Waals surface area contributed by atoms with Gasteiger partial charge in [-0.25, -0.2) is 4.98 Å². The molecular weight excluding hydrogens is 238 g/mol. The molecule has 0 spiro atoms. The van der Waals surface area contributed by atoms with Crippen LogP contribution in [0.25, 0.3) is 0 Å². The standard InChI is InChI=1S/C15H25N3O/c1-3-7-17-14(12-5-6-12)9-13-10-16-11-15(18-13)19-8-4-2/h10-12,14,17H,3-9H2,1-2H3. The molecule has 0 radical (unpaired) electrons. The second kappa shape index (κ2) is 7.43. The number of nitrogens with one attached hydrogen (secondary N) is 1. The molecule has 4 nitrogen and oxygen atoms in total. The van der Waals surface area contributed by atoms with Crippen LogP contribution in [0.4, 0.5) is 0 Å². The van der Waals surface area contributed by atoms with Crippen LogP contribution in [0.3, 0.4) is 0 Å². The minimum absolute atomic E-state index is 0.552. The first-order valence-electron chi connectivity index (χ1n) is 7.50. The molecule has 1 aromatic rings. The summed E-state index contributed by atoms with van der Waals surface area (Å²) in [6, 6.07) is 0.552.